The van der Waals surface area contributed by atoms with Crippen LogP contribution in [0.15, 0.2) is 41.3 Å². The lowest BCUT2D eigenvalue weighted by atomic mass is 10.0. The average Bonchev–Trinajstić information content (AvgIpc) is 2.47. The second-order valence-corrected chi connectivity index (χ2v) is 6.62. The molecule has 5 heteroatoms. The molecule has 1 aromatic rings. The molecule has 1 unspecified atom stereocenters. The van der Waals surface area contributed by atoms with E-state index in [-0.39, 0.29) is 16.7 Å². The molecule has 1 N–H and O–H groups in total. The molecule has 20 heavy (non-hydrogen) atoms. The van der Waals surface area contributed by atoms with Crippen molar-refractivity contribution >= 4 is 15.8 Å². The summed E-state index contributed by atoms with van der Waals surface area (Å²) in [6, 6.07) is 6.17. The van der Waals surface area contributed by atoms with Crippen molar-refractivity contribution in [2.75, 3.05) is 0 Å². The summed E-state index contributed by atoms with van der Waals surface area (Å²) in [4.78, 5) is 11.8. The SMILES string of the molecule is CCC(=O)c1cccc(S(=O)(=O)NC2CC=CCC2)c1. The standard InChI is InChI=1S/C15H19NO3S/c1-2-15(17)12-7-6-10-14(11-12)20(18,19)16-13-8-4-3-5-9-13/h3-4,6-7,10-11,13,16H,2,5,8-9H2,1H3. The highest BCUT2D eigenvalue weighted by Crippen LogP contribution is 2.17. The van der Waals surface area contributed by atoms with Crippen LogP contribution in [0.3, 0.4) is 0 Å². The average molecular weight is 293 g/mol. The fraction of sp³-hybridized carbons (Fsp3) is 0.400. The van der Waals surface area contributed by atoms with E-state index in [4.69, 9.17) is 0 Å². The number of hydrogen-bond acceptors (Lipinski definition) is 3. The topological polar surface area (TPSA) is 63.2 Å². The van der Waals surface area contributed by atoms with Gasteiger partial charge in [0.25, 0.3) is 0 Å². The van der Waals surface area contributed by atoms with Gasteiger partial charge in [0, 0.05) is 18.0 Å². The maximum Gasteiger partial charge on any atom is 0.240 e. The second-order valence-electron chi connectivity index (χ2n) is 4.91. The molecule has 0 aliphatic heterocycles. The Hall–Kier alpha value is -1.46. The number of carbonyl (C=O) groups excluding carboxylic acids is 1. The highest BCUT2D eigenvalue weighted by atomic mass is 32.2. The van der Waals surface area contributed by atoms with Crippen molar-refractivity contribution in [1.82, 2.24) is 4.72 Å². The van der Waals surface area contributed by atoms with Gasteiger partial charge in [-0.2, -0.15) is 0 Å². The van der Waals surface area contributed by atoms with E-state index >= 15 is 0 Å². The zero-order chi connectivity index (χ0) is 14.6. The third-order valence-electron chi connectivity index (χ3n) is 3.38. The predicted molar refractivity (Wildman–Crippen MR) is 78.2 cm³/mol. The summed E-state index contributed by atoms with van der Waals surface area (Å²) in [6.07, 6.45) is 6.83. The number of ketones is 1. The summed E-state index contributed by atoms with van der Waals surface area (Å²) in [5.41, 5.74) is 0.443. The van der Waals surface area contributed by atoms with Crippen molar-refractivity contribution < 1.29 is 13.2 Å². The van der Waals surface area contributed by atoms with Crippen LogP contribution in [0.4, 0.5) is 0 Å². The molecule has 0 radical (unpaired) electrons. The van der Waals surface area contributed by atoms with Crippen molar-refractivity contribution in [2.24, 2.45) is 0 Å². The maximum atomic E-state index is 12.3. The van der Waals surface area contributed by atoms with Gasteiger partial charge in [-0.25, -0.2) is 13.1 Å². The highest BCUT2D eigenvalue weighted by Gasteiger charge is 2.21. The fourth-order valence-corrected chi connectivity index (χ4v) is 3.56. The van der Waals surface area contributed by atoms with E-state index in [1.807, 2.05) is 6.08 Å². The number of sulfonamides is 1. The van der Waals surface area contributed by atoms with Gasteiger partial charge in [-0.05, 0) is 31.4 Å². The minimum absolute atomic E-state index is 0.0531. The second kappa shape index (κ2) is 6.33. The summed E-state index contributed by atoms with van der Waals surface area (Å²) >= 11 is 0. The summed E-state index contributed by atoms with van der Waals surface area (Å²) in [5, 5.41) is 0. The van der Waals surface area contributed by atoms with E-state index in [0.29, 0.717) is 18.4 Å². The quantitative estimate of drug-likeness (QED) is 0.670. The number of Topliss-reactive ketones (excluding diaryl/α,β-unsaturated/α-hetero) is 1. The lowest BCUT2D eigenvalue weighted by Gasteiger charge is -2.19. The van der Waals surface area contributed by atoms with E-state index in [1.165, 1.54) is 12.1 Å². The normalized spacial score (nSPS) is 18.9. The lowest BCUT2D eigenvalue weighted by molar-refractivity contribution is 0.0988. The molecule has 1 aliphatic rings. The van der Waals surface area contributed by atoms with E-state index in [1.54, 1.807) is 19.1 Å². The van der Waals surface area contributed by atoms with E-state index in [0.717, 1.165) is 12.8 Å². The minimum atomic E-state index is -3.56. The van der Waals surface area contributed by atoms with Crippen LogP contribution in [-0.2, 0) is 10.0 Å². The van der Waals surface area contributed by atoms with Crippen LogP contribution >= 0.6 is 0 Å². The van der Waals surface area contributed by atoms with Crippen LogP contribution in [-0.4, -0.2) is 20.2 Å². The molecule has 0 aromatic heterocycles. The zero-order valence-electron chi connectivity index (χ0n) is 11.5. The van der Waals surface area contributed by atoms with Crippen LogP contribution in [0.25, 0.3) is 0 Å². The van der Waals surface area contributed by atoms with Gasteiger partial charge in [0.15, 0.2) is 5.78 Å². The third kappa shape index (κ3) is 3.55. The molecular weight excluding hydrogens is 274 g/mol. The Balaban J connectivity index is 2.20. The van der Waals surface area contributed by atoms with E-state index < -0.39 is 10.0 Å². The van der Waals surface area contributed by atoms with Gasteiger partial charge in [-0.15, -0.1) is 0 Å². The van der Waals surface area contributed by atoms with Crippen LogP contribution in [0.1, 0.15) is 43.0 Å². The summed E-state index contributed by atoms with van der Waals surface area (Å²) in [5.74, 6) is -0.0531. The number of nitrogens with one attached hydrogen (secondary N) is 1. The first-order valence-electron chi connectivity index (χ1n) is 6.83. The number of benzene rings is 1. The van der Waals surface area contributed by atoms with Crippen molar-refractivity contribution in [3.05, 3.63) is 42.0 Å². The van der Waals surface area contributed by atoms with Gasteiger partial charge in [-0.1, -0.05) is 31.2 Å². The van der Waals surface area contributed by atoms with Gasteiger partial charge < -0.3 is 0 Å². The predicted octanol–water partition coefficient (Wildman–Crippen LogP) is 2.67. The molecule has 2 rings (SSSR count). The van der Waals surface area contributed by atoms with Crippen molar-refractivity contribution in [1.29, 1.82) is 0 Å². The smallest absolute Gasteiger partial charge is 0.240 e. The lowest BCUT2D eigenvalue weighted by Crippen LogP contribution is -2.35. The molecule has 0 bridgehead atoms. The number of allylic oxidation sites excluding steroid dienone is 1. The number of rotatable bonds is 5. The Morgan fingerprint density at radius 3 is 2.80 bits per heavy atom. The van der Waals surface area contributed by atoms with E-state index in [2.05, 4.69) is 10.8 Å². The maximum absolute atomic E-state index is 12.3. The molecule has 0 fully saturated rings. The molecule has 1 aliphatic carbocycles. The number of hydrogen-bond donors (Lipinski definition) is 1. The largest absolute Gasteiger partial charge is 0.294 e. The molecular formula is C15H19NO3S. The molecule has 0 saturated heterocycles. The molecule has 0 amide bonds. The highest BCUT2D eigenvalue weighted by molar-refractivity contribution is 7.89. The molecule has 0 heterocycles. The minimum Gasteiger partial charge on any atom is -0.294 e. The Morgan fingerprint density at radius 1 is 1.35 bits per heavy atom. The van der Waals surface area contributed by atoms with Gasteiger partial charge in [0.2, 0.25) is 10.0 Å². The van der Waals surface area contributed by atoms with Crippen LogP contribution < -0.4 is 4.72 Å². The molecule has 1 atom stereocenters. The van der Waals surface area contributed by atoms with Crippen molar-refractivity contribution in [3.63, 3.8) is 0 Å². The molecule has 0 saturated carbocycles. The molecule has 108 valence electrons. The zero-order valence-corrected chi connectivity index (χ0v) is 12.3. The van der Waals surface area contributed by atoms with Crippen LogP contribution in [0.5, 0.6) is 0 Å². The fourth-order valence-electron chi connectivity index (χ4n) is 2.23. The molecule has 0 spiro atoms. The van der Waals surface area contributed by atoms with Gasteiger partial charge in [0.1, 0.15) is 0 Å². The summed E-state index contributed by atoms with van der Waals surface area (Å²) in [7, 11) is -3.56. The molecule has 4 nitrogen and oxygen atoms in total. The third-order valence-corrected chi connectivity index (χ3v) is 4.90. The summed E-state index contributed by atoms with van der Waals surface area (Å²) in [6.45, 7) is 1.76. The van der Waals surface area contributed by atoms with Gasteiger partial charge in [-0.3, -0.25) is 4.79 Å². The Labute approximate surface area is 119 Å². The Kier molecular flexibility index (Phi) is 4.73. The van der Waals surface area contributed by atoms with Gasteiger partial charge in [0.05, 0.1) is 4.90 Å². The monoisotopic (exact) mass is 293 g/mol. The Bertz CT molecular complexity index is 620. The van der Waals surface area contributed by atoms with Crippen LogP contribution in [0, 0.1) is 0 Å². The van der Waals surface area contributed by atoms with Crippen LogP contribution in [0.2, 0.25) is 0 Å². The first-order chi connectivity index (χ1) is 9.53. The van der Waals surface area contributed by atoms with Crippen molar-refractivity contribution in [2.45, 2.75) is 43.5 Å². The van der Waals surface area contributed by atoms with Crippen molar-refractivity contribution in [3.8, 4) is 0 Å². The van der Waals surface area contributed by atoms with Gasteiger partial charge >= 0.3 is 0 Å². The Morgan fingerprint density at radius 2 is 2.15 bits per heavy atom. The first-order valence-corrected chi connectivity index (χ1v) is 8.32. The number of carbonyl (C=O) groups is 1. The van der Waals surface area contributed by atoms with E-state index in [9.17, 15) is 13.2 Å². The summed E-state index contributed by atoms with van der Waals surface area (Å²) < 4.78 is 27.3. The molecule has 1 aromatic carbocycles. The first kappa shape index (κ1) is 14.9.